The van der Waals surface area contributed by atoms with Crippen LogP contribution in [0, 0.1) is 0 Å². The number of methoxy groups -OCH3 is 2. The molecule has 5 aromatic rings. The highest BCUT2D eigenvalue weighted by molar-refractivity contribution is 5.90. The van der Waals surface area contributed by atoms with Crippen molar-refractivity contribution in [1.82, 2.24) is 4.57 Å². The largest absolute Gasteiger partial charge is 0.497 e. The second-order valence-corrected chi connectivity index (χ2v) is 8.11. The minimum absolute atomic E-state index is 0.00263. The zero-order chi connectivity index (χ0) is 21.7. The van der Waals surface area contributed by atoms with E-state index in [0.29, 0.717) is 0 Å². The molecule has 3 heteroatoms. The van der Waals surface area contributed by atoms with E-state index in [1.807, 2.05) is 6.07 Å². The Labute approximate surface area is 187 Å². The molecule has 0 saturated carbocycles. The Balaban J connectivity index is 1.73. The molecule has 1 atom stereocenters. The molecule has 1 aliphatic rings. The monoisotopic (exact) mass is 417 g/mol. The van der Waals surface area contributed by atoms with Crippen molar-refractivity contribution in [3.05, 3.63) is 108 Å². The number of nitrogens with zero attached hydrogens (tertiary/aromatic N) is 1. The molecular formula is C29H23NO2. The lowest BCUT2D eigenvalue weighted by Gasteiger charge is -2.23. The number of hydrogen-bond donors (Lipinski definition) is 0. The van der Waals surface area contributed by atoms with Crippen LogP contribution in [0.15, 0.2) is 97.1 Å². The Bertz CT molecular complexity index is 1450. The predicted molar refractivity (Wildman–Crippen MR) is 130 cm³/mol. The normalized spacial score (nSPS) is 14.2. The Morgan fingerprint density at radius 2 is 1.44 bits per heavy atom. The third-order valence-corrected chi connectivity index (χ3v) is 6.47. The van der Waals surface area contributed by atoms with E-state index in [0.717, 1.165) is 11.5 Å². The molecule has 0 N–H and O–H groups in total. The first-order valence-electron chi connectivity index (χ1n) is 10.8. The van der Waals surface area contributed by atoms with Crippen LogP contribution in [0.2, 0.25) is 0 Å². The molecule has 3 nitrogen and oxygen atoms in total. The van der Waals surface area contributed by atoms with Gasteiger partial charge in [0, 0.05) is 28.2 Å². The van der Waals surface area contributed by atoms with Crippen LogP contribution in [-0.4, -0.2) is 18.8 Å². The van der Waals surface area contributed by atoms with Gasteiger partial charge in [-0.05, 0) is 40.5 Å². The predicted octanol–water partition coefficient (Wildman–Crippen LogP) is 6.94. The summed E-state index contributed by atoms with van der Waals surface area (Å²) in [5.74, 6) is 1.65. The summed E-state index contributed by atoms with van der Waals surface area (Å²) < 4.78 is 14.0. The van der Waals surface area contributed by atoms with Crippen molar-refractivity contribution < 1.29 is 9.47 Å². The average molecular weight is 418 g/mol. The van der Waals surface area contributed by atoms with Gasteiger partial charge >= 0.3 is 0 Å². The van der Waals surface area contributed by atoms with E-state index in [1.165, 1.54) is 44.4 Å². The lowest BCUT2D eigenvalue weighted by molar-refractivity contribution is 0.390. The van der Waals surface area contributed by atoms with E-state index in [1.54, 1.807) is 14.2 Å². The molecule has 4 aromatic carbocycles. The van der Waals surface area contributed by atoms with E-state index in [9.17, 15) is 0 Å². The summed E-state index contributed by atoms with van der Waals surface area (Å²) in [7, 11) is 3.44. The van der Waals surface area contributed by atoms with Crippen LogP contribution in [0.25, 0.3) is 33.3 Å². The van der Waals surface area contributed by atoms with Gasteiger partial charge in [-0.2, -0.15) is 0 Å². The minimum Gasteiger partial charge on any atom is -0.497 e. The van der Waals surface area contributed by atoms with Crippen LogP contribution in [0.1, 0.15) is 17.2 Å². The number of benzene rings is 4. The summed E-state index contributed by atoms with van der Waals surface area (Å²) in [5.41, 5.74) is 8.43. The molecule has 0 fully saturated rings. The van der Waals surface area contributed by atoms with Crippen LogP contribution in [0.3, 0.4) is 0 Å². The smallest absolute Gasteiger partial charge is 0.128 e. The molecule has 1 unspecified atom stereocenters. The molecule has 1 aromatic heterocycles. The highest BCUT2D eigenvalue weighted by atomic mass is 16.5. The number of para-hydroxylation sites is 1. The molecule has 1 heterocycles. The van der Waals surface area contributed by atoms with Gasteiger partial charge in [0.15, 0.2) is 0 Å². The Kier molecular flexibility index (Phi) is 4.29. The van der Waals surface area contributed by atoms with Crippen molar-refractivity contribution in [2.24, 2.45) is 0 Å². The van der Waals surface area contributed by atoms with Crippen molar-refractivity contribution in [1.29, 1.82) is 0 Å². The fourth-order valence-electron chi connectivity index (χ4n) is 5.08. The molecule has 0 spiro atoms. The molecule has 156 valence electrons. The van der Waals surface area contributed by atoms with Gasteiger partial charge in [-0.1, -0.05) is 72.8 Å². The van der Waals surface area contributed by atoms with Gasteiger partial charge in [0.25, 0.3) is 0 Å². The van der Waals surface area contributed by atoms with Crippen LogP contribution in [0.5, 0.6) is 11.5 Å². The number of hydrogen-bond acceptors (Lipinski definition) is 2. The third kappa shape index (κ3) is 2.68. The van der Waals surface area contributed by atoms with Gasteiger partial charge < -0.3 is 14.0 Å². The number of rotatable bonds is 4. The molecule has 32 heavy (non-hydrogen) atoms. The maximum Gasteiger partial charge on any atom is 0.128 e. The van der Waals surface area contributed by atoms with Crippen molar-refractivity contribution in [3.63, 3.8) is 0 Å². The van der Waals surface area contributed by atoms with Gasteiger partial charge in [-0.15, -0.1) is 0 Å². The first kappa shape index (κ1) is 18.8. The summed E-state index contributed by atoms with van der Waals surface area (Å²) in [6.07, 6.45) is 0. The minimum atomic E-state index is -0.00263. The molecule has 0 radical (unpaired) electrons. The van der Waals surface area contributed by atoms with Crippen LogP contribution in [-0.2, 0) is 0 Å². The highest BCUT2D eigenvalue weighted by Gasteiger charge is 2.35. The first-order chi connectivity index (χ1) is 15.8. The van der Waals surface area contributed by atoms with Crippen LogP contribution < -0.4 is 9.47 Å². The second kappa shape index (κ2) is 7.31. The van der Waals surface area contributed by atoms with E-state index < -0.39 is 0 Å². The molecule has 0 aliphatic heterocycles. The summed E-state index contributed by atoms with van der Waals surface area (Å²) in [6, 6.07) is 34.3. The van der Waals surface area contributed by atoms with Crippen molar-refractivity contribution in [3.8, 4) is 33.9 Å². The highest BCUT2D eigenvalue weighted by Crippen LogP contribution is 2.53. The second-order valence-electron chi connectivity index (χ2n) is 8.11. The summed E-state index contributed by atoms with van der Waals surface area (Å²) in [6.45, 7) is 0. The number of fused-ring (bicyclic) bond motifs is 4. The van der Waals surface area contributed by atoms with Crippen molar-refractivity contribution in [2.45, 2.75) is 6.04 Å². The molecular weight excluding hydrogens is 394 g/mol. The number of aromatic nitrogens is 1. The topological polar surface area (TPSA) is 23.4 Å². The quantitative estimate of drug-likeness (QED) is 0.310. The van der Waals surface area contributed by atoms with E-state index >= 15 is 0 Å². The zero-order valence-electron chi connectivity index (χ0n) is 18.1. The molecule has 0 saturated heterocycles. The Hall–Kier alpha value is -3.98. The standard InChI is InChI=1S/C29H23NO2/c1-31-21-17-24-22-13-7-8-14-23(22)29(28(24)27(18-21)32-2)30-25-15-9-6-12-20(25)16-26(30)19-10-4-3-5-11-19/h3-18,29H,1-2H3. The van der Waals surface area contributed by atoms with Crippen molar-refractivity contribution >= 4 is 10.9 Å². The fraction of sp³-hybridized carbons (Fsp3) is 0.103. The number of ether oxygens (including phenoxy) is 2. The Morgan fingerprint density at radius 1 is 0.688 bits per heavy atom. The first-order valence-corrected chi connectivity index (χ1v) is 10.8. The molecule has 6 rings (SSSR count). The summed E-state index contributed by atoms with van der Waals surface area (Å²) >= 11 is 0. The SMILES string of the molecule is COc1cc(OC)c2c(c1)-c1ccccc1C2n1c(-c2ccccc2)cc2ccccc21. The summed E-state index contributed by atoms with van der Waals surface area (Å²) in [4.78, 5) is 0. The fourth-order valence-corrected chi connectivity index (χ4v) is 5.08. The van der Waals surface area contributed by atoms with Gasteiger partial charge in [0.1, 0.15) is 11.5 Å². The van der Waals surface area contributed by atoms with Gasteiger partial charge in [-0.3, -0.25) is 0 Å². The lowest BCUT2D eigenvalue weighted by atomic mass is 10.0. The van der Waals surface area contributed by atoms with Crippen molar-refractivity contribution in [2.75, 3.05) is 14.2 Å². The molecule has 1 aliphatic carbocycles. The lowest BCUT2D eigenvalue weighted by Crippen LogP contribution is -2.12. The average Bonchev–Trinajstić information content (AvgIpc) is 3.39. The maximum atomic E-state index is 5.92. The molecule has 0 amide bonds. The third-order valence-electron chi connectivity index (χ3n) is 6.47. The molecule has 0 bridgehead atoms. The summed E-state index contributed by atoms with van der Waals surface area (Å²) in [5, 5.41) is 1.23. The Morgan fingerprint density at radius 3 is 2.25 bits per heavy atom. The van der Waals surface area contributed by atoms with Crippen LogP contribution >= 0.6 is 0 Å². The van der Waals surface area contributed by atoms with Gasteiger partial charge in [-0.25, -0.2) is 0 Å². The van der Waals surface area contributed by atoms with E-state index in [-0.39, 0.29) is 6.04 Å². The van der Waals surface area contributed by atoms with E-state index in [2.05, 4.69) is 95.6 Å². The van der Waals surface area contributed by atoms with Gasteiger partial charge in [0.05, 0.1) is 20.3 Å². The zero-order valence-corrected chi connectivity index (χ0v) is 18.1. The van der Waals surface area contributed by atoms with E-state index in [4.69, 9.17) is 9.47 Å². The van der Waals surface area contributed by atoms with Crippen LogP contribution in [0.4, 0.5) is 0 Å². The van der Waals surface area contributed by atoms with Gasteiger partial charge in [0.2, 0.25) is 0 Å². The maximum absolute atomic E-state index is 5.92.